The fourth-order valence-electron chi connectivity index (χ4n) is 2.00. The van der Waals surface area contributed by atoms with Crippen LogP contribution in [-0.2, 0) is 14.9 Å². The van der Waals surface area contributed by atoms with Gasteiger partial charge in [-0.1, -0.05) is 32.9 Å². The molecular weight excluding hydrogens is 310 g/mol. The lowest BCUT2D eigenvalue weighted by Crippen LogP contribution is -2.20. The van der Waals surface area contributed by atoms with Gasteiger partial charge in [0, 0.05) is 10.6 Å². The summed E-state index contributed by atoms with van der Waals surface area (Å²) in [5, 5.41) is 2.72. The van der Waals surface area contributed by atoms with Crippen LogP contribution in [0.2, 0.25) is 0 Å². The van der Waals surface area contributed by atoms with E-state index in [9.17, 15) is 9.59 Å². The summed E-state index contributed by atoms with van der Waals surface area (Å²) in [4.78, 5) is 25.2. The van der Waals surface area contributed by atoms with Crippen molar-refractivity contribution in [1.82, 2.24) is 0 Å². The Balaban J connectivity index is 1.86. The van der Waals surface area contributed by atoms with Crippen LogP contribution in [0.5, 0.6) is 0 Å². The maximum absolute atomic E-state index is 11.9. The van der Waals surface area contributed by atoms with Crippen molar-refractivity contribution in [3.63, 3.8) is 0 Å². The number of anilines is 1. The Morgan fingerprint density at radius 2 is 1.74 bits per heavy atom. The maximum atomic E-state index is 11.9. The van der Waals surface area contributed by atoms with Crippen LogP contribution in [-0.4, -0.2) is 18.5 Å². The van der Waals surface area contributed by atoms with Gasteiger partial charge < -0.3 is 10.1 Å². The summed E-state index contributed by atoms with van der Waals surface area (Å²) in [6.07, 6.45) is 0. The molecule has 4 nitrogen and oxygen atoms in total. The Kier molecular flexibility index (Phi) is 5.21. The van der Waals surface area contributed by atoms with Gasteiger partial charge in [-0.2, -0.15) is 0 Å². The predicted molar refractivity (Wildman–Crippen MR) is 93.1 cm³/mol. The van der Waals surface area contributed by atoms with E-state index in [1.807, 2.05) is 37.3 Å². The quantitative estimate of drug-likeness (QED) is 0.856. The molecule has 0 unspecified atom stereocenters. The molecule has 0 fully saturated rings. The molecule has 1 aromatic heterocycles. The van der Waals surface area contributed by atoms with Gasteiger partial charge in [-0.25, -0.2) is 4.79 Å². The standard InChI is InChI=1S/C18H21NO3S/c1-12-5-10-15(23-12)17(21)22-11-16(20)19-14-8-6-13(7-9-14)18(2,3)4/h5-10H,11H2,1-4H3,(H,19,20). The number of ether oxygens (including phenoxy) is 1. The molecule has 122 valence electrons. The summed E-state index contributed by atoms with van der Waals surface area (Å²) in [6.45, 7) is 8.01. The van der Waals surface area contributed by atoms with Crippen molar-refractivity contribution >= 4 is 28.9 Å². The normalized spacial score (nSPS) is 11.1. The van der Waals surface area contributed by atoms with Gasteiger partial charge in [-0.15, -0.1) is 11.3 Å². The molecule has 0 atom stereocenters. The van der Waals surface area contributed by atoms with E-state index in [1.165, 1.54) is 16.9 Å². The predicted octanol–water partition coefficient (Wildman–Crippen LogP) is 4.15. The summed E-state index contributed by atoms with van der Waals surface area (Å²) >= 11 is 1.35. The lowest BCUT2D eigenvalue weighted by molar-refractivity contribution is -0.119. The Bertz CT molecular complexity index is 696. The SMILES string of the molecule is Cc1ccc(C(=O)OCC(=O)Nc2ccc(C(C)(C)C)cc2)s1. The average Bonchev–Trinajstić information content (AvgIpc) is 2.91. The third-order valence-corrected chi connectivity index (χ3v) is 4.29. The number of carbonyl (C=O) groups is 2. The first-order valence-corrected chi connectivity index (χ1v) is 8.21. The lowest BCUT2D eigenvalue weighted by atomic mass is 9.87. The zero-order valence-electron chi connectivity index (χ0n) is 13.8. The molecule has 5 heteroatoms. The third-order valence-electron chi connectivity index (χ3n) is 3.31. The minimum absolute atomic E-state index is 0.0664. The number of benzene rings is 1. The van der Waals surface area contributed by atoms with E-state index in [2.05, 4.69) is 26.1 Å². The minimum atomic E-state index is -0.471. The summed E-state index contributed by atoms with van der Waals surface area (Å²) in [5.41, 5.74) is 1.94. The number of esters is 1. The van der Waals surface area contributed by atoms with E-state index in [0.29, 0.717) is 10.6 Å². The van der Waals surface area contributed by atoms with E-state index < -0.39 is 5.97 Å². The molecule has 0 aliphatic heterocycles. The van der Waals surface area contributed by atoms with Crippen LogP contribution < -0.4 is 5.32 Å². The topological polar surface area (TPSA) is 55.4 Å². The van der Waals surface area contributed by atoms with Gasteiger partial charge in [0.05, 0.1) is 0 Å². The van der Waals surface area contributed by atoms with Crippen molar-refractivity contribution < 1.29 is 14.3 Å². The summed E-state index contributed by atoms with van der Waals surface area (Å²) in [7, 11) is 0. The zero-order valence-corrected chi connectivity index (χ0v) is 14.6. The fraction of sp³-hybridized carbons (Fsp3) is 0.333. The minimum Gasteiger partial charge on any atom is -0.451 e. The van der Waals surface area contributed by atoms with E-state index in [0.717, 1.165) is 4.88 Å². The second kappa shape index (κ2) is 6.96. The number of thiophene rings is 1. The molecule has 1 heterocycles. The van der Waals surface area contributed by atoms with Crippen molar-refractivity contribution in [3.05, 3.63) is 51.7 Å². The molecule has 1 N–H and O–H groups in total. The van der Waals surface area contributed by atoms with Crippen molar-refractivity contribution in [1.29, 1.82) is 0 Å². The Morgan fingerprint density at radius 3 is 2.26 bits per heavy atom. The number of carbonyl (C=O) groups excluding carboxylic acids is 2. The highest BCUT2D eigenvalue weighted by atomic mass is 32.1. The molecule has 23 heavy (non-hydrogen) atoms. The molecule has 1 amide bonds. The number of amides is 1. The third kappa shape index (κ3) is 4.93. The van der Waals surface area contributed by atoms with Crippen LogP contribution in [0, 0.1) is 6.92 Å². The maximum Gasteiger partial charge on any atom is 0.348 e. The monoisotopic (exact) mass is 331 g/mol. The number of hydrogen-bond acceptors (Lipinski definition) is 4. The number of rotatable bonds is 4. The highest BCUT2D eigenvalue weighted by molar-refractivity contribution is 7.13. The van der Waals surface area contributed by atoms with Crippen molar-refractivity contribution in [2.75, 3.05) is 11.9 Å². The molecule has 0 radical (unpaired) electrons. The highest BCUT2D eigenvalue weighted by Gasteiger charge is 2.14. The average molecular weight is 331 g/mol. The van der Waals surface area contributed by atoms with Crippen molar-refractivity contribution in [2.45, 2.75) is 33.1 Å². The van der Waals surface area contributed by atoms with E-state index in [1.54, 1.807) is 6.07 Å². The van der Waals surface area contributed by atoms with Crippen molar-refractivity contribution in [3.8, 4) is 0 Å². The van der Waals surface area contributed by atoms with Crippen LogP contribution in [0.4, 0.5) is 5.69 Å². The van der Waals surface area contributed by atoms with Gasteiger partial charge in [0.25, 0.3) is 5.91 Å². The van der Waals surface area contributed by atoms with Crippen molar-refractivity contribution in [2.24, 2.45) is 0 Å². The molecule has 0 aliphatic rings. The first-order chi connectivity index (χ1) is 10.8. The zero-order chi connectivity index (χ0) is 17.0. The molecule has 2 rings (SSSR count). The van der Waals surface area contributed by atoms with E-state index in [-0.39, 0.29) is 17.9 Å². The molecule has 0 aliphatic carbocycles. The number of aryl methyl sites for hydroxylation is 1. The first kappa shape index (κ1) is 17.2. The molecule has 0 saturated carbocycles. The van der Waals surface area contributed by atoms with Gasteiger partial charge >= 0.3 is 5.97 Å². The van der Waals surface area contributed by atoms with Crippen LogP contribution in [0.25, 0.3) is 0 Å². The van der Waals surface area contributed by atoms with Gasteiger partial charge in [0.2, 0.25) is 0 Å². The fourth-order valence-corrected chi connectivity index (χ4v) is 2.76. The second-order valence-electron chi connectivity index (χ2n) is 6.36. The highest BCUT2D eigenvalue weighted by Crippen LogP contribution is 2.23. The molecule has 0 spiro atoms. The Labute approximate surface area is 140 Å². The van der Waals surface area contributed by atoms with Crippen LogP contribution in [0.3, 0.4) is 0 Å². The molecule has 0 bridgehead atoms. The summed E-state index contributed by atoms with van der Waals surface area (Å²) in [6, 6.07) is 11.2. The Hall–Kier alpha value is -2.14. The van der Waals surface area contributed by atoms with Gasteiger partial charge in [0.1, 0.15) is 4.88 Å². The molecule has 2 aromatic rings. The van der Waals surface area contributed by atoms with E-state index >= 15 is 0 Å². The molecular formula is C18H21NO3S. The number of hydrogen-bond donors (Lipinski definition) is 1. The van der Waals surface area contributed by atoms with Crippen LogP contribution in [0.1, 0.15) is 40.9 Å². The van der Waals surface area contributed by atoms with Crippen LogP contribution in [0.15, 0.2) is 36.4 Å². The lowest BCUT2D eigenvalue weighted by Gasteiger charge is -2.19. The van der Waals surface area contributed by atoms with Crippen LogP contribution >= 0.6 is 11.3 Å². The molecule has 0 saturated heterocycles. The number of nitrogens with one attached hydrogen (secondary N) is 1. The smallest absolute Gasteiger partial charge is 0.348 e. The summed E-state index contributed by atoms with van der Waals surface area (Å²) < 4.78 is 5.01. The largest absolute Gasteiger partial charge is 0.451 e. The Morgan fingerprint density at radius 1 is 1.09 bits per heavy atom. The van der Waals surface area contributed by atoms with Gasteiger partial charge in [-0.05, 0) is 42.2 Å². The van der Waals surface area contributed by atoms with Gasteiger partial charge in [-0.3, -0.25) is 4.79 Å². The van der Waals surface area contributed by atoms with Gasteiger partial charge in [0.15, 0.2) is 6.61 Å². The summed E-state index contributed by atoms with van der Waals surface area (Å²) in [5.74, 6) is -0.823. The second-order valence-corrected chi connectivity index (χ2v) is 7.65. The van der Waals surface area contributed by atoms with E-state index in [4.69, 9.17) is 4.74 Å². The first-order valence-electron chi connectivity index (χ1n) is 7.39. The molecule has 1 aromatic carbocycles.